The van der Waals surface area contributed by atoms with Crippen LogP contribution in [0.5, 0.6) is 0 Å². The van der Waals surface area contributed by atoms with E-state index in [4.69, 9.17) is 0 Å². The van der Waals surface area contributed by atoms with Crippen LogP contribution >= 0.6 is 0 Å². The molecule has 1 saturated heterocycles. The van der Waals surface area contributed by atoms with E-state index in [-0.39, 0.29) is 11.9 Å². The van der Waals surface area contributed by atoms with E-state index in [9.17, 15) is 4.79 Å². The van der Waals surface area contributed by atoms with Crippen LogP contribution in [0.2, 0.25) is 0 Å². The Morgan fingerprint density at radius 1 is 1.05 bits per heavy atom. The number of carbonyl (C=O) groups is 1. The van der Waals surface area contributed by atoms with Gasteiger partial charge in [0.1, 0.15) is 0 Å². The monoisotopic (exact) mass is 266 g/mol. The summed E-state index contributed by atoms with van der Waals surface area (Å²) in [5.74, 6) is 0.132. The maximum atomic E-state index is 12.7. The van der Waals surface area contributed by atoms with Gasteiger partial charge in [-0.05, 0) is 49.1 Å². The maximum Gasteiger partial charge on any atom is 0.254 e. The number of benzene rings is 1. The molecule has 2 heterocycles. The molecule has 1 aromatic carbocycles. The van der Waals surface area contributed by atoms with Gasteiger partial charge in [-0.1, -0.05) is 18.2 Å². The molecule has 3 heteroatoms. The van der Waals surface area contributed by atoms with Crippen molar-refractivity contribution in [2.45, 2.75) is 25.3 Å². The predicted octanol–water partition coefficient (Wildman–Crippen LogP) is 3.45. The van der Waals surface area contributed by atoms with Crippen LogP contribution in [-0.2, 0) is 0 Å². The minimum Gasteiger partial charge on any atom is -0.332 e. The van der Waals surface area contributed by atoms with Crippen LogP contribution in [0.15, 0.2) is 54.9 Å². The minimum absolute atomic E-state index is 0.132. The fraction of sp³-hybridized carbons (Fsp3) is 0.294. The van der Waals surface area contributed by atoms with Gasteiger partial charge in [-0.25, -0.2) is 0 Å². The van der Waals surface area contributed by atoms with Crippen molar-refractivity contribution in [2.75, 3.05) is 6.54 Å². The van der Waals surface area contributed by atoms with Crippen molar-refractivity contribution in [1.29, 1.82) is 0 Å². The number of hydrogen-bond donors (Lipinski definition) is 0. The highest BCUT2D eigenvalue weighted by Crippen LogP contribution is 2.31. The Labute approximate surface area is 119 Å². The number of nitrogens with zero attached hydrogens (tertiary/aromatic N) is 2. The zero-order chi connectivity index (χ0) is 13.8. The van der Waals surface area contributed by atoms with Crippen LogP contribution in [0.4, 0.5) is 0 Å². The smallest absolute Gasteiger partial charge is 0.254 e. The average molecular weight is 266 g/mol. The zero-order valence-electron chi connectivity index (χ0n) is 11.4. The van der Waals surface area contributed by atoms with Crippen LogP contribution in [0.25, 0.3) is 0 Å². The number of amides is 1. The van der Waals surface area contributed by atoms with Gasteiger partial charge in [0.05, 0.1) is 6.04 Å². The average Bonchev–Trinajstić information content (AvgIpc) is 2.56. The number of likely N-dealkylation sites (tertiary alicyclic amines) is 1. The van der Waals surface area contributed by atoms with Crippen LogP contribution in [0.3, 0.4) is 0 Å². The predicted molar refractivity (Wildman–Crippen MR) is 78.3 cm³/mol. The lowest BCUT2D eigenvalue weighted by Crippen LogP contribution is -2.38. The van der Waals surface area contributed by atoms with Crippen molar-refractivity contribution < 1.29 is 4.79 Å². The summed E-state index contributed by atoms with van der Waals surface area (Å²) in [4.78, 5) is 18.8. The van der Waals surface area contributed by atoms with E-state index < -0.39 is 0 Å². The Kier molecular flexibility index (Phi) is 3.77. The summed E-state index contributed by atoms with van der Waals surface area (Å²) in [6.07, 6.45) is 6.89. The molecule has 0 saturated carbocycles. The first kappa shape index (κ1) is 12.9. The maximum absolute atomic E-state index is 12.7. The quantitative estimate of drug-likeness (QED) is 0.834. The Morgan fingerprint density at radius 2 is 1.80 bits per heavy atom. The molecule has 0 aliphatic carbocycles. The number of aromatic nitrogens is 1. The molecule has 0 unspecified atom stereocenters. The van der Waals surface area contributed by atoms with Crippen molar-refractivity contribution >= 4 is 5.91 Å². The summed E-state index contributed by atoms with van der Waals surface area (Å²) in [6, 6.07) is 13.8. The highest BCUT2D eigenvalue weighted by molar-refractivity contribution is 5.94. The number of carbonyl (C=O) groups excluding carboxylic acids is 1. The molecule has 1 amide bonds. The van der Waals surface area contributed by atoms with Crippen molar-refractivity contribution in [1.82, 2.24) is 9.88 Å². The lowest BCUT2D eigenvalue weighted by atomic mass is 9.95. The van der Waals surface area contributed by atoms with Gasteiger partial charge in [0.2, 0.25) is 0 Å². The molecule has 1 aromatic heterocycles. The minimum atomic E-state index is 0.132. The summed E-state index contributed by atoms with van der Waals surface area (Å²) < 4.78 is 0. The second-order valence-corrected chi connectivity index (χ2v) is 5.16. The lowest BCUT2D eigenvalue weighted by molar-refractivity contribution is 0.0611. The van der Waals surface area contributed by atoms with Gasteiger partial charge in [0.15, 0.2) is 0 Å². The molecular formula is C17H18N2O. The summed E-state index contributed by atoms with van der Waals surface area (Å²) in [5, 5.41) is 0. The van der Waals surface area contributed by atoms with E-state index in [2.05, 4.69) is 4.98 Å². The summed E-state index contributed by atoms with van der Waals surface area (Å²) >= 11 is 0. The molecule has 1 aliphatic heterocycles. The third kappa shape index (κ3) is 2.57. The molecule has 3 nitrogen and oxygen atoms in total. The number of piperidine rings is 1. The molecule has 0 bridgehead atoms. The largest absolute Gasteiger partial charge is 0.332 e. The number of hydrogen-bond acceptors (Lipinski definition) is 2. The number of pyridine rings is 1. The van der Waals surface area contributed by atoms with E-state index >= 15 is 0 Å². The first-order valence-corrected chi connectivity index (χ1v) is 7.12. The van der Waals surface area contributed by atoms with Crippen LogP contribution in [0.1, 0.15) is 41.2 Å². The van der Waals surface area contributed by atoms with E-state index in [1.165, 1.54) is 12.0 Å². The highest BCUT2D eigenvalue weighted by atomic mass is 16.2. The Balaban J connectivity index is 1.88. The Bertz CT molecular complexity index is 568. The van der Waals surface area contributed by atoms with Gasteiger partial charge in [-0.15, -0.1) is 0 Å². The SMILES string of the molecule is O=C(c1ccccc1)N1CCCC[C@H]1c1ccncc1. The first-order valence-electron chi connectivity index (χ1n) is 7.12. The molecule has 2 aromatic rings. The van der Waals surface area contributed by atoms with Crippen molar-refractivity contribution in [3.8, 4) is 0 Å². The Morgan fingerprint density at radius 3 is 2.55 bits per heavy atom. The molecule has 0 N–H and O–H groups in total. The summed E-state index contributed by atoms with van der Waals surface area (Å²) in [5.41, 5.74) is 1.96. The molecule has 1 atom stereocenters. The second kappa shape index (κ2) is 5.87. The third-order valence-electron chi connectivity index (χ3n) is 3.88. The van der Waals surface area contributed by atoms with E-state index in [1.807, 2.05) is 47.4 Å². The van der Waals surface area contributed by atoms with Gasteiger partial charge in [0, 0.05) is 24.5 Å². The molecule has 20 heavy (non-hydrogen) atoms. The van der Waals surface area contributed by atoms with Crippen LogP contribution < -0.4 is 0 Å². The third-order valence-corrected chi connectivity index (χ3v) is 3.88. The molecule has 1 aliphatic rings. The lowest BCUT2D eigenvalue weighted by Gasteiger charge is -2.36. The number of rotatable bonds is 2. The van der Waals surface area contributed by atoms with Gasteiger partial charge in [-0.2, -0.15) is 0 Å². The van der Waals surface area contributed by atoms with E-state index in [0.29, 0.717) is 0 Å². The molecule has 1 fully saturated rings. The van der Waals surface area contributed by atoms with E-state index in [0.717, 1.165) is 24.9 Å². The normalized spacial score (nSPS) is 18.8. The Hall–Kier alpha value is -2.16. The zero-order valence-corrected chi connectivity index (χ0v) is 11.4. The summed E-state index contributed by atoms with van der Waals surface area (Å²) in [7, 11) is 0. The summed E-state index contributed by atoms with van der Waals surface area (Å²) in [6.45, 7) is 0.834. The molecule has 102 valence electrons. The second-order valence-electron chi connectivity index (χ2n) is 5.16. The van der Waals surface area contributed by atoms with Crippen molar-refractivity contribution in [3.63, 3.8) is 0 Å². The van der Waals surface area contributed by atoms with Gasteiger partial charge in [0.25, 0.3) is 5.91 Å². The molecule has 0 spiro atoms. The fourth-order valence-corrected chi connectivity index (χ4v) is 2.85. The molecular weight excluding hydrogens is 248 g/mol. The standard InChI is InChI=1S/C17H18N2O/c20-17(15-6-2-1-3-7-15)19-13-5-4-8-16(19)14-9-11-18-12-10-14/h1-3,6-7,9-12,16H,4-5,8,13H2/t16-/m0/s1. The van der Waals surface area contributed by atoms with Crippen LogP contribution in [0, 0.1) is 0 Å². The topological polar surface area (TPSA) is 33.2 Å². The van der Waals surface area contributed by atoms with Crippen molar-refractivity contribution in [3.05, 3.63) is 66.0 Å². The first-order chi connectivity index (χ1) is 9.86. The van der Waals surface area contributed by atoms with E-state index in [1.54, 1.807) is 12.4 Å². The molecule has 0 radical (unpaired) electrons. The fourth-order valence-electron chi connectivity index (χ4n) is 2.85. The van der Waals surface area contributed by atoms with Crippen molar-refractivity contribution in [2.24, 2.45) is 0 Å². The molecule has 3 rings (SSSR count). The van der Waals surface area contributed by atoms with Gasteiger partial charge >= 0.3 is 0 Å². The van der Waals surface area contributed by atoms with Gasteiger partial charge < -0.3 is 4.90 Å². The van der Waals surface area contributed by atoms with Crippen LogP contribution in [-0.4, -0.2) is 22.3 Å². The highest BCUT2D eigenvalue weighted by Gasteiger charge is 2.28. The van der Waals surface area contributed by atoms with Gasteiger partial charge in [-0.3, -0.25) is 9.78 Å².